The van der Waals surface area contributed by atoms with Crippen molar-refractivity contribution < 1.29 is 14.7 Å². The SMILES string of the molecule is CCCc1ccccc1C(=O)NC(CS)C(=O)O. The molecule has 1 aromatic carbocycles. The molecule has 1 aromatic rings. The van der Waals surface area contributed by atoms with E-state index >= 15 is 0 Å². The Morgan fingerprint density at radius 1 is 1.39 bits per heavy atom. The van der Waals surface area contributed by atoms with E-state index in [0.717, 1.165) is 18.4 Å². The van der Waals surface area contributed by atoms with Crippen LogP contribution in [-0.4, -0.2) is 28.8 Å². The van der Waals surface area contributed by atoms with Crippen LogP contribution in [-0.2, 0) is 11.2 Å². The van der Waals surface area contributed by atoms with Crippen molar-refractivity contribution >= 4 is 24.5 Å². The van der Waals surface area contributed by atoms with Gasteiger partial charge in [0.1, 0.15) is 6.04 Å². The van der Waals surface area contributed by atoms with Crippen molar-refractivity contribution in [1.29, 1.82) is 0 Å². The highest BCUT2D eigenvalue weighted by Gasteiger charge is 2.20. The highest BCUT2D eigenvalue weighted by Crippen LogP contribution is 2.11. The van der Waals surface area contributed by atoms with Gasteiger partial charge in [0, 0.05) is 11.3 Å². The van der Waals surface area contributed by atoms with Crippen LogP contribution in [0.25, 0.3) is 0 Å². The zero-order valence-electron chi connectivity index (χ0n) is 10.2. The fourth-order valence-electron chi connectivity index (χ4n) is 1.65. The molecule has 1 amide bonds. The number of carboxylic acids is 1. The molecular weight excluding hydrogens is 250 g/mol. The van der Waals surface area contributed by atoms with Crippen molar-refractivity contribution in [2.75, 3.05) is 5.75 Å². The van der Waals surface area contributed by atoms with Crippen molar-refractivity contribution in [3.63, 3.8) is 0 Å². The summed E-state index contributed by atoms with van der Waals surface area (Å²) in [6.07, 6.45) is 1.72. The van der Waals surface area contributed by atoms with Gasteiger partial charge in [-0.05, 0) is 18.1 Å². The van der Waals surface area contributed by atoms with Gasteiger partial charge in [-0.3, -0.25) is 4.79 Å². The number of aliphatic carboxylic acids is 1. The first-order valence-electron chi connectivity index (χ1n) is 5.82. The van der Waals surface area contributed by atoms with Crippen LogP contribution in [0.5, 0.6) is 0 Å². The minimum atomic E-state index is -1.08. The van der Waals surface area contributed by atoms with Gasteiger partial charge in [-0.1, -0.05) is 31.5 Å². The van der Waals surface area contributed by atoms with Crippen molar-refractivity contribution in [3.05, 3.63) is 35.4 Å². The Morgan fingerprint density at radius 2 is 2.06 bits per heavy atom. The fraction of sp³-hybridized carbons (Fsp3) is 0.385. The summed E-state index contributed by atoms with van der Waals surface area (Å²) >= 11 is 3.91. The first kappa shape index (κ1) is 14.6. The maximum Gasteiger partial charge on any atom is 0.327 e. The summed E-state index contributed by atoms with van der Waals surface area (Å²) in [4.78, 5) is 22.9. The molecule has 1 rings (SSSR count). The average Bonchev–Trinajstić information content (AvgIpc) is 2.36. The largest absolute Gasteiger partial charge is 0.480 e. The Balaban J connectivity index is 2.86. The topological polar surface area (TPSA) is 66.4 Å². The van der Waals surface area contributed by atoms with Crippen LogP contribution in [0, 0.1) is 0 Å². The molecule has 0 heterocycles. The second-order valence-corrected chi connectivity index (χ2v) is 4.32. The third-order valence-corrected chi connectivity index (χ3v) is 2.93. The fourth-order valence-corrected chi connectivity index (χ4v) is 1.90. The van der Waals surface area contributed by atoms with E-state index < -0.39 is 12.0 Å². The van der Waals surface area contributed by atoms with Gasteiger partial charge in [0.15, 0.2) is 0 Å². The monoisotopic (exact) mass is 267 g/mol. The molecule has 4 nitrogen and oxygen atoms in total. The second kappa shape index (κ2) is 7.06. The zero-order chi connectivity index (χ0) is 13.5. The molecule has 0 spiro atoms. The van der Waals surface area contributed by atoms with Gasteiger partial charge in [-0.15, -0.1) is 0 Å². The maximum absolute atomic E-state index is 12.0. The molecule has 0 fully saturated rings. The minimum Gasteiger partial charge on any atom is -0.480 e. The Hall–Kier alpha value is -1.49. The Kier molecular flexibility index (Phi) is 5.71. The van der Waals surface area contributed by atoms with E-state index in [1.54, 1.807) is 12.1 Å². The predicted molar refractivity (Wildman–Crippen MR) is 73.2 cm³/mol. The summed E-state index contributed by atoms with van der Waals surface area (Å²) in [5.41, 5.74) is 1.47. The first-order valence-corrected chi connectivity index (χ1v) is 6.45. The van der Waals surface area contributed by atoms with Gasteiger partial charge in [-0.25, -0.2) is 4.79 Å². The molecule has 0 aliphatic carbocycles. The van der Waals surface area contributed by atoms with Crippen LogP contribution < -0.4 is 5.32 Å². The number of thiol groups is 1. The maximum atomic E-state index is 12.0. The lowest BCUT2D eigenvalue weighted by atomic mass is 10.0. The molecule has 1 unspecified atom stereocenters. The van der Waals surface area contributed by atoms with Crippen LogP contribution in [0.1, 0.15) is 29.3 Å². The number of nitrogens with one attached hydrogen (secondary N) is 1. The number of rotatable bonds is 6. The van der Waals surface area contributed by atoms with Crippen molar-refractivity contribution in [2.24, 2.45) is 0 Å². The quantitative estimate of drug-likeness (QED) is 0.688. The molecule has 98 valence electrons. The van der Waals surface area contributed by atoms with Gasteiger partial charge in [0.2, 0.25) is 0 Å². The number of benzene rings is 1. The molecule has 0 aromatic heterocycles. The summed E-state index contributed by atoms with van der Waals surface area (Å²) < 4.78 is 0. The lowest BCUT2D eigenvalue weighted by molar-refractivity contribution is -0.138. The number of carbonyl (C=O) groups is 2. The van der Waals surface area contributed by atoms with E-state index in [9.17, 15) is 9.59 Å². The molecule has 5 heteroatoms. The van der Waals surface area contributed by atoms with Crippen LogP contribution >= 0.6 is 12.6 Å². The van der Waals surface area contributed by atoms with Crippen LogP contribution in [0.15, 0.2) is 24.3 Å². The van der Waals surface area contributed by atoms with Crippen LogP contribution in [0.2, 0.25) is 0 Å². The third kappa shape index (κ3) is 3.77. The Morgan fingerprint density at radius 3 is 2.61 bits per heavy atom. The highest BCUT2D eigenvalue weighted by molar-refractivity contribution is 7.80. The van der Waals surface area contributed by atoms with Crippen LogP contribution in [0.3, 0.4) is 0 Å². The third-order valence-electron chi connectivity index (χ3n) is 2.57. The average molecular weight is 267 g/mol. The summed E-state index contributed by atoms with van der Waals surface area (Å²) in [6, 6.07) is 6.27. The van der Waals surface area contributed by atoms with E-state index in [2.05, 4.69) is 17.9 Å². The lowest BCUT2D eigenvalue weighted by Gasteiger charge is -2.14. The predicted octanol–water partition coefficient (Wildman–Crippen LogP) is 1.75. The molecular formula is C13H17NO3S. The Bertz CT molecular complexity index is 434. The van der Waals surface area contributed by atoms with Crippen molar-refractivity contribution in [3.8, 4) is 0 Å². The zero-order valence-corrected chi connectivity index (χ0v) is 11.1. The van der Waals surface area contributed by atoms with Gasteiger partial charge in [0.25, 0.3) is 5.91 Å². The number of carbonyl (C=O) groups excluding carboxylic acids is 1. The number of hydrogen-bond donors (Lipinski definition) is 3. The molecule has 2 N–H and O–H groups in total. The molecule has 1 atom stereocenters. The lowest BCUT2D eigenvalue weighted by Crippen LogP contribution is -2.42. The molecule has 0 bridgehead atoms. The van der Waals surface area contributed by atoms with E-state index in [4.69, 9.17) is 5.11 Å². The van der Waals surface area contributed by atoms with Gasteiger partial charge < -0.3 is 10.4 Å². The highest BCUT2D eigenvalue weighted by atomic mass is 32.1. The van der Waals surface area contributed by atoms with E-state index in [1.165, 1.54) is 0 Å². The summed E-state index contributed by atoms with van der Waals surface area (Å²) in [7, 11) is 0. The van der Waals surface area contributed by atoms with Crippen LogP contribution in [0.4, 0.5) is 0 Å². The second-order valence-electron chi connectivity index (χ2n) is 3.95. The molecule has 0 saturated heterocycles. The number of amides is 1. The molecule has 0 radical (unpaired) electrons. The summed E-state index contributed by atoms with van der Waals surface area (Å²) in [5.74, 6) is -1.37. The van der Waals surface area contributed by atoms with Gasteiger partial charge in [0.05, 0.1) is 0 Å². The molecule has 18 heavy (non-hydrogen) atoms. The number of aryl methyl sites for hydroxylation is 1. The number of carboxylic acid groups (broad SMARTS) is 1. The smallest absolute Gasteiger partial charge is 0.327 e. The Labute approximate surface area is 112 Å². The first-order chi connectivity index (χ1) is 8.60. The van der Waals surface area contributed by atoms with Gasteiger partial charge in [-0.2, -0.15) is 12.6 Å². The molecule has 0 aliphatic heterocycles. The molecule has 0 aliphatic rings. The summed E-state index contributed by atoms with van der Waals surface area (Å²) in [5, 5.41) is 11.3. The van der Waals surface area contributed by atoms with E-state index in [1.807, 2.05) is 19.1 Å². The van der Waals surface area contributed by atoms with E-state index in [-0.39, 0.29) is 11.7 Å². The summed E-state index contributed by atoms with van der Waals surface area (Å²) in [6.45, 7) is 2.03. The van der Waals surface area contributed by atoms with Crippen molar-refractivity contribution in [1.82, 2.24) is 5.32 Å². The van der Waals surface area contributed by atoms with Gasteiger partial charge >= 0.3 is 5.97 Å². The normalized spacial score (nSPS) is 11.9. The minimum absolute atomic E-state index is 0.0665. The number of hydrogen-bond acceptors (Lipinski definition) is 3. The molecule has 0 saturated carbocycles. The standard InChI is InChI=1S/C13H17NO3S/c1-2-5-9-6-3-4-7-10(9)12(15)14-11(8-18)13(16)17/h3-4,6-7,11,18H,2,5,8H2,1H3,(H,14,15)(H,16,17). The van der Waals surface area contributed by atoms with Crippen molar-refractivity contribution in [2.45, 2.75) is 25.8 Å². The van der Waals surface area contributed by atoms with E-state index in [0.29, 0.717) is 5.56 Å².